The van der Waals surface area contributed by atoms with Gasteiger partial charge in [0.25, 0.3) is 0 Å². The quantitative estimate of drug-likeness (QED) is 0.455. The van der Waals surface area contributed by atoms with Crippen molar-refractivity contribution in [2.24, 2.45) is 0 Å². The molecule has 0 amide bonds. The van der Waals surface area contributed by atoms with Crippen LogP contribution in [0, 0.1) is 12.7 Å². The topological polar surface area (TPSA) is 0 Å². The second kappa shape index (κ2) is 2.81. The molecule has 1 rings (SSSR count). The predicted octanol–water partition coefficient (Wildman–Crippen LogP) is 2.19. The van der Waals surface area contributed by atoms with E-state index in [2.05, 4.69) is 0 Å². The molecule has 12 heavy (non-hydrogen) atoms. The average Bonchev–Trinajstić information content (AvgIpc) is 1.92. The molecule has 0 radical (unpaired) electrons. The lowest BCUT2D eigenvalue weighted by Crippen LogP contribution is -2.36. The van der Waals surface area contributed by atoms with E-state index in [9.17, 15) is 17.3 Å². The first kappa shape index (κ1) is 9.10. The van der Waals surface area contributed by atoms with Crippen molar-refractivity contribution in [3.05, 3.63) is 29.6 Å². The lowest BCUT2D eigenvalue weighted by Gasteiger charge is -2.17. The summed E-state index contributed by atoms with van der Waals surface area (Å²) in [6.07, 6.45) is 0. The molecule has 0 aliphatic heterocycles. The van der Waals surface area contributed by atoms with Crippen molar-refractivity contribution in [3.8, 4) is 0 Å². The molecule has 1 aromatic rings. The van der Waals surface area contributed by atoms with Gasteiger partial charge in [-0.2, -0.15) is 0 Å². The van der Waals surface area contributed by atoms with Crippen molar-refractivity contribution in [1.82, 2.24) is 0 Å². The largest absolute Gasteiger partial charge is 0.509 e. The molecule has 0 unspecified atom stereocenters. The molecule has 0 N–H and O–H groups in total. The monoisotopic (exact) mass is 177 g/mol. The Morgan fingerprint density at radius 1 is 1.17 bits per heavy atom. The fraction of sp³-hybridized carbons (Fsp3) is 0.143. The summed E-state index contributed by atoms with van der Waals surface area (Å²) < 4.78 is 48.8. The molecule has 0 bridgehead atoms. The molecule has 0 heterocycles. The summed E-state index contributed by atoms with van der Waals surface area (Å²) >= 11 is 0. The standard InChI is InChI=1S/C7H6BF4/c1-5-2-3-6(9)4-7(5)8(10,11)12/h2-4H,1H3/q-1. The number of hydrogen-bond acceptors (Lipinski definition) is 0. The summed E-state index contributed by atoms with van der Waals surface area (Å²) in [5, 5.41) is 0. The van der Waals surface area contributed by atoms with Crippen molar-refractivity contribution < 1.29 is 17.3 Å². The van der Waals surface area contributed by atoms with E-state index in [0.717, 1.165) is 12.1 Å². The van der Waals surface area contributed by atoms with Gasteiger partial charge in [-0.3, -0.25) is 0 Å². The van der Waals surface area contributed by atoms with E-state index < -0.39 is 18.3 Å². The lowest BCUT2D eigenvalue weighted by atomic mass is 9.77. The van der Waals surface area contributed by atoms with E-state index in [1.54, 1.807) is 0 Å². The maximum absolute atomic E-state index is 12.4. The molecule has 5 heteroatoms. The molecule has 0 nitrogen and oxygen atoms in total. The zero-order valence-electron chi connectivity index (χ0n) is 6.32. The summed E-state index contributed by atoms with van der Waals surface area (Å²) in [5.41, 5.74) is -0.793. The van der Waals surface area contributed by atoms with Crippen LogP contribution in [0.15, 0.2) is 18.2 Å². The number of aryl methyl sites for hydroxylation is 1. The zero-order valence-corrected chi connectivity index (χ0v) is 6.32. The Kier molecular flexibility index (Phi) is 2.13. The molecule has 0 spiro atoms. The Bertz CT molecular complexity index is 292. The molecule has 0 saturated carbocycles. The van der Waals surface area contributed by atoms with Crippen molar-refractivity contribution in [2.75, 3.05) is 0 Å². The van der Waals surface area contributed by atoms with Crippen LogP contribution in [0.1, 0.15) is 5.56 Å². The highest BCUT2D eigenvalue weighted by Gasteiger charge is 2.27. The van der Waals surface area contributed by atoms with Gasteiger partial charge in [-0.15, -0.1) is 5.46 Å². The number of benzene rings is 1. The number of rotatable bonds is 1. The molecule has 0 aromatic heterocycles. The van der Waals surface area contributed by atoms with Crippen molar-refractivity contribution in [3.63, 3.8) is 0 Å². The van der Waals surface area contributed by atoms with Crippen LogP contribution in [0.5, 0.6) is 0 Å². The Hall–Kier alpha value is -0.995. The second-order valence-corrected chi connectivity index (χ2v) is 2.58. The van der Waals surface area contributed by atoms with Crippen molar-refractivity contribution >= 4 is 12.4 Å². The smallest absolute Gasteiger partial charge is 0.445 e. The Morgan fingerprint density at radius 2 is 1.75 bits per heavy atom. The third-order valence-corrected chi connectivity index (χ3v) is 1.59. The third kappa shape index (κ3) is 1.78. The van der Waals surface area contributed by atoms with Crippen molar-refractivity contribution in [1.29, 1.82) is 0 Å². The van der Waals surface area contributed by atoms with Gasteiger partial charge in [-0.05, 0) is 13.0 Å². The van der Waals surface area contributed by atoms with E-state index >= 15 is 0 Å². The van der Waals surface area contributed by atoms with Crippen LogP contribution in [0.2, 0.25) is 0 Å². The SMILES string of the molecule is Cc1ccc(F)cc1[B-](F)(F)F. The van der Waals surface area contributed by atoms with Crippen LogP contribution < -0.4 is 5.46 Å². The zero-order chi connectivity index (χ0) is 9.35. The number of halogens is 4. The first-order valence-corrected chi connectivity index (χ1v) is 3.37. The summed E-state index contributed by atoms with van der Waals surface area (Å²) in [5.74, 6) is -0.852. The summed E-state index contributed by atoms with van der Waals surface area (Å²) in [6.45, 7) is -3.78. The Balaban J connectivity index is 3.23. The minimum Gasteiger partial charge on any atom is -0.445 e. The first-order chi connectivity index (χ1) is 5.41. The van der Waals surface area contributed by atoms with E-state index in [4.69, 9.17) is 0 Å². The summed E-state index contributed by atoms with van der Waals surface area (Å²) in [7, 11) is 0. The normalized spacial score (nSPS) is 11.8. The fourth-order valence-electron chi connectivity index (χ4n) is 0.964. The predicted molar refractivity (Wildman–Crippen MR) is 39.8 cm³/mol. The van der Waals surface area contributed by atoms with Gasteiger partial charge < -0.3 is 12.9 Å². The highest BCUT2D eigenvalue weighted by atomic mass is 19.4. The molecule has 0 saturated heterocycles. The average molecular weight is 177 g/mol. The van der Waals surface area contributed by atoms with Crippen LogP contribution in [-0.2, 0) is 0 Å². The minimum absolute atomic E-state index is 0.0592. The fourth-order valence-corrected chi connectivity index (χ4v) is 0.964. The van der Waals surface area contributed by atoms with E-state index in [1.807, 2.05) is 0 Å². The van der Waals surface area contributed by atoms with Gasteiger partial charge in [0, 0.05) is 0 Å². The van der Waals surface area contributed by atoms with E-state index in [-0.39, 0.29) is 5.56 Å². The Morgan fingerprint density at radius 3 is 2.17 bits per heavy atom. The molecular weight excluding hydrogens is 171 g/mol. The summed E-state index contributed by atoms with van der Waals surface area (Å²) in [4.78, 5) is 0. The summed E-state index contributed by atoms with van der Waals surface area (Å²) in [6, 6.07) is 2.66. The van der Waals surface area contributed by atoms with Gasteiger partial charge in [0.15, 0.2) is 0 Å². The van der Waals surface area contributed by atoms with Crippen LogP contribution in [-0.4, -0.2) is 6.98 Å². The Labute approximate surface area is 67.3 Å². The van der Waals surface area contributed by atoms with Gasteiger partial charge in [0.1, 0.15) is 5.82 Å². The van der Waals surface area contributed by atoms with E-state index in [1.165, 1.54) is 6.92 Å². The van der Waals surface area contributed by atoms with Crippen LogP contribution in [0.3, 0.4) is 0 Å². The lowest BCUT2D eigenvalue weighted by molar-refractivity contribution is 0.499. The van der Waals surface area contributed by atoms with Gasteiger partial charge >= 0.3 is 6.98 Å². The molecule has 0 aliphatic carbocycles. The maximum atomic E-state index is 12.4. The van der Waals surface area contributed by atoms with Crippen LogP contribution in [0.4, 0.5) is 17.3 Å². The van der Waals surface area contributed by atoms with Gasteiger partial charge in [0.05, 0.1) is 0 Å². The number of hydrogen-bond donors (Lipinski definition) is 0. The first-order valence-electron chi connectivity index (χ1n) is 3.37. The van der Waals surface area contributed by atoms with E-state index in [0.29, 0.717) is 6.07 Å². The van der Waals surface area contributed by atoms with Gasteiger partial charge in [-0.25, -0.2) is 4.39 Å². The molecular formula is C7H6BF4-. The maximum Gasteiger partial charge on any atom is 0.509 e. The van der Waals surface area contributed by atoms with Gasteiger partial charge in [-0.1, -0.05) is 17.7 Å². The highest BCUT2D eigenvalue weighted by Crippen LogP contribution is 2.12. The highest BCUT2D eigenvalue weighted by molar-refractivity contribution is 6.74. The second-order valence-electron chi connectivity index (χ2n) is 2.58. The molecule has 66 valence electrons. The van der Waals surface area contributed by atoms with Crippen molar-refractivity contribution in [2.45, 2.75) is 6.92 Å². The minimum atomic E-state index is -5.09. The van der Waals surface area contributed by atoms with Crippen LogP contribution >= 0.6 is 0 Å². The molecule has 0 atom stereocenters. The van der Waals surface area contributed by atoms with Crippen LogP contribution in [0.25, 0.3) is 0 Å². The van der Waals surface area contributed by atoms with Gasteiger partial charge in [0.2, 0.25) is 0 Å². The third-order valence-electron chi connectivity index (χ3n) is 1.59. The molecule has 0 aliphatic rings. The molecule has 0 fully saturated rings. The molecule has 1 aromatic carbocycles.